The summed E-state index contributed by atoms with van der Waals surface area (Å²) in [7, 11) is -3.52. The zero-order chi connectivity index (χ0) is 18.4. The molecule has 1 fully saturated rings. The van der Waals surface area contributed by atoms with E-state index in [4.69, 9.17) is 16.3 Å². The minimum absolute atomic E-state index is 0.000870. The Morgan fingerprint density at radius 3 is 2.77 bits per heavy atom. The number of ether oxygens (including phenoxy) is 1. The lowest BCUT2D eigenvalue weighted by molar-refractivity contribution is 0.0498. The third kappa shape index (κ3) is 3.24. The van der Waals surface area contributed by atoms with Crippen molar-refractivity contribution in [2.75, 3.05) is 13.1 Å². The molecule has 2 aliphatic heterocycles. The van der Waals surface area contributed by atoms with Gasteiger partial charge in [0.25, 0.3) is 0 Å². The molecule has 2 aromatic rings. The van der Waals surface area contributed by atoms with Crippen molar-refractivity contribution in [1.82, 2.24) is 4.31 Å². The third-order valence-corrected chi connectivity index (χ3v) is 6.94. The van der Waals surface area contributed by atoms with Crippen LogP contribution in [0.2, 0.25) is 5.02 Å². The van der Waals surface area contributed by atoms with Crippen molar-refractivity contribution in [2.24, 2.45) is 0 Å². The van der Waals surface area contributed by atoms with E-state index in [-0.39, 0.29) is 24.5 Å². The van der Waals surface area contributed by atoms with Crippen LogP contribution in [0.5, 0.6) is 5.75 Å². The first-order valence-corrected chi connectivity index (χ1v) is 10.4. The Kier molecular flexibility index (Phi) is 4.29. The second kappa shape index (κ2) is 6.37. The molecule has 136 valence electrons. The van der Waals surface area contributed by atoms with Crippen molar-refractivity contribution < 1.29 is 17.9 Å². The van der Waals surface area contributed by atoms with Gasteiger partial charge in [0.15, 0.2) is 5.78 Å². The molecule has 4 rings (SSSR count). The number of para-hydroxylation sites is 1. The van der Waals surface area contributed by atoms with Gasteiger partial charge in [-0.25, -0.2) is 8.42 Å². The average molecular weight is 392 g/mol. The maximum absolute atomic E-state index is 12.8. The van der Waals surface area contributed by atoms with Crippen molar-refractivity contribution in [1.29, 1.82) is 0 Å². The van der Waals surface area contributed by atoms with Crippen LogP contribution in [-0.2, 0) is 15.8 Å². The Bertz CT molecular complexity index is 975. The summed E-state index contributed by atoms with van der Waals surface area (Å²) in [6.45, 7) is 0.536. The van der Waals surface area contributed by atoms with E-state index in [1.165, 1.54) is 4.31 Å². The molecule has 0 N–H and O–H groups in total. The second-order valence-corrected chi connectivity index (χ2v) is 9.26. The van der Waals surface area contributed by atoms with E-state index < -0.39 is 15.6 Å². The molecule has 7 heteroatoms. The molecule has 1 spiro atoms. The highest BCUT2D eigenvalue weighted by atomic mass is 35.5. The van der Waals surface area contributed by atoms with E-state index in [9.17, 15) is 13.2 Å². The first kappa shape index (κ1) is 17.5. The Hall–Kier alpha value is -1.89. The molecule has 26 heavy (non-hydrogen) atoms. The van der Waals surface area contributed by atoms with Gasteiger partial charge < -0.3 is 4.74 Å². The number of benzene rings is 2. The Morgan fingerprint density at radius 1 is 1.15 bits per heavy atom. The minimum Gasteiger partial charge on any atom is -0.485 e. The van der Waals surface area contributed by atoms with Gasteiger partial charge in [0.1, 0.15) is 11.4 Å². The largest absolute Gasteiger partial charge is 0.485 e. The molecule has 2 aliphatic rings. The summed E-state index contributed by atoms with van der Waals surface area (Å²) in [5.41, 5.74) is 0.440. The maximum Gasteiger partial charge on any atom is 0.218 e. The summed E-state index contributed by atoms with van der Waals surface area (Å²) in [5, 5.41) is 0.508. The van der Waals surface area contributed by atoms with Crippen LogP contribution in [0.3, 0.4) is 0 Å². The van der Waals surface area contributed by atoms with Gasteiger partial charge in [-0.3, -0.25) is 4.79 Å². The van der Waals surface area contributed by atoms with Crippen LogP contribution in [0, 0.1) is 0 Å². The number of halogens is 1. The van der Waals surface area contributed by atoms with Gasteiger partial charge in [-0.15, -0.1) is 0 Å². The number of hydrogen-bond acceptors (Lipinski definition) is 4. The second-order valence-electron chi connectivity index (χ2n) is 6.85. The summed E-state index contributed by atoms with van der Waals surface area (Å²) < 4.78 is 33.1. The molecular weight excluding hydrogens is 374 g/mol. The van der Waals surface area contributed by atoms with E-state index in [2.05, 4.69) is 0 Å². The van der Waals surface area contributed by atoms with E-state index in [1.54, 1.807) is 42.5 Å². The fraction of sp³-hybridized carbons (Fsp3) is 0.316. The molecule has 5 nitrogen and oxygen atoms in total. The van der Waals surface area contributed by atoms with Gasteiger partial charge in [-0.2, -0.15) is 4.31 Å². The number of nitrogens with zero attached hydrogens (tertiary/aromatic N) is 1. The summed E-state index contributed by atoms with van der Waals surface area (Å²) in [6, 6.07) is 14.0. The predicted molar refractivity (Wildman–Crippen MR) is 99.0 cm³/mol. The SMILES string of the molecule is O=C1CC2(CCN(S(=O)(=O)Cc3cccc(Cl)c3)C2)Oc2ccccc21. The topological polar surface area (TPSA) is 63.7 Å². The quantitative estimate of drug-likeness (QED) is 0.805. The molecular formula is C19H18ClNO4S. The normalized spacial score (nSPS) is 23.0. The summed E-state index contributed by atoms with van der Waals surface area (Å²) in [4.78, 5) is 12.5. The monoisotopic (exact) mass is 391 g/mol. The standard InChI is InChI=1S/C19H18ClNO4S/c20-15-5-3-4-14(10-15)12-26(23,24)21-9-8-19(13-21)11-17(22)16-6-1-2-7-18(16)25-19/h1-7,10H,8-9,11-13H2. The van der Waals surface area contributed by atoms with Crippen LogP contribution < -0.4 is 4.74 Å². The zero-order valence-electron chi connectivity index (χ0n) is 14.0. The highest BCUT2D eigenvalue weighted by Gasteiger charge is 2.48. The number of Topliss-reactive ketones (excluding diaryl/α,β-unsaturated/α-hetero) is 1. The molecule has 1 atom stereocenters. The molecule has 1 unspecified atom stereocenters. The Labute approximate surface area is 157 Å². The molecule has 0 aliphatic carbocycles. The lowest BCUT2D eigenvalue weighted by Gasteiger charge is -2.34. The first-order valence-electron chi connectivity index (χ1n) is 8.40. The van der Waals surface area contributed by atoms with Gasteiger partial charge in [0, 0.05) is 18.0 Å². The van der Waals surface area contributed by atoms with Gasteiger partial charge in [0.05, 0.1) is 24.3 Å². The molecule has 0 saturated carbocycles. The summed E-state index contributed by atoms with van der Waals surface area (Å²) >= 11 is 5.95. The van der Waals surface area contributed by atoms with Crippen LogP contribution in [0.15, 0.2) is 48.5 Å². The number of carbonyl (C=O) groups is 1. The number of rotatable bonds is 3. The predicted octanol–water partition coefficient (Wildman–Crippen LogP) is 3.28. The summed E-state index contributed by atoms with van der Waals surface area (Å²) in [5.74, 6) is 0.424. The van der Waals surface area contributed by atoms with E-state index in [0.717, 1.165) is 0 Å². The number of carbonyl (C=O) groups excluding carboxylic acids is 1. The number of hydrogen-bond donors (Lipinski definition) is 0. The van der Waals surface area contributed by atoms with Crippen LogP contribution in [-0.4, -0.2) is 37.2 Å². The van der Waals surface area contributed by atoms with E-state index in [0.29, 0.717) is 34.9 Å². The Balaban J connectivity index is 1.54. The molecule has 2 heterocycles. The molecule has 0 amide bonds. The molecule has 1 saturated heterocycles. The van der Waals surface area contributed by atoms with Gasteiger partial charge in [0.2, 0.25) is 10.0 Å². The van der Waals surface area contributed by atoms with Crippen molar-refractivity contribution in [3.63, 3.8) is 0 Å². The Morgan fingerprint density at radius 2 is 1.96 bits per heavy atom. The molecule has 2 aromatic carbocycles. The smallest absolute Gasteiger partial charge is 0.218 e. The molecule has 0 radical (unpaired) electrons. The third-order valence-electron chi connectivity index (χ3n) is 4.91. The first-order chi connectivity index (χ1) is 12.4. The average Bonchev–Trinajstić information content (AvgIpc) is 2.98. The summed E-state index contributed by atoms with van der Waals surface area (Å²) in [6.07, 6.45) is 0.703. The minimum atomic E-state index is -3.52. The fourth-order valence-electron chi connectivity index (χ4n) is 3.64. The lowest BCUT2D eigenvalue weighted by Crippen LogP contribution is -2.45. The van der Waals surface area contributed by atoms with Crippen LogP contribution in [0.1, 0.15) is 28.8 Å². The lowest BCUT2D eigenvalue weighted by atomic mass is 9.89. The van der Waals surface area contributed by atoms with Crippen molar-refractivity contribution in [3.05, 3.63) is 64.7 Å². The number of ketones is 1. The molecule has 0 bridgehead atoms. The van der Waals surface area contributed by atoms with Gasteiger partial charge >= 0.3 is 0 Å². The van der Waals surface area contributed by atoms with Crippen molar-refractivity contribution in [2.45, 2.75) is 24.2 Å². The van der Waals surface area contributed by atoms with Crippen molar-refractivity contribution >= 4 is 27.4 Å². The highest BCUT2D eigenvalue weighted by Crippen LogP contribution is 2.39. The van der Waals surface area contributed by atoms with Gasteiger partial charge in [-0.1, -0.05) is 35.9 Å². The molecule has 0 aromatic heterocycles. The fourth-order valence-corrected chi connectivity index (χ4v) is 5.44. The van der Waals surface area contributed by atoms with Crippen LogP contribution in [0.25, 0.3) is 0 Å². The maximum atomic E-state index is 12.8. The van der Waals surface area contributed by atoms with E-state index >= 15 is 0 Å². The van der Waals surface area contributed by atoms with Gasteiger partial charge in [-0.05, 0) is 29.8 Å². The number of fused-ring (bicyclic) bond motifs is 1. The van der Waals surface area contributed by atoms with E-state index in [1.807, 2.05) is 6.07 Å². The highest BCUT2D eigenvalue weighted by molar-refractivity contribution is 7.88. The van der Waals surface area contributed by atoms with Crippen LogP contribution >= 0.6 is 11.6 Å². The zero-order valence-corrected chi connectivity index (χ0v) is 15.6. The van der Waals surface area contributed by atoms with Crippen molar-refractivity contribution in [3.8, 4) is 5.75 Å². The number of sulfonamides is 1. The van der Waals surface area contributed by atoms with Crippen LogP contribution in [0.4, 0.5) is 0 Å².